The molecule has 26 heavy (non-hydrogen) atoms. The van der Waals surface area contributed by atoms with Crippen LogP contribution in [0.4, 0.5) is 20.2 Å². The van der Waals surface area contributed by atoms with Gasteiger partial charge >= 0.3 is 0 Å². The molecule has 0 saturated carbocycles. The number of ether oxygens (including phenoxy) is 1. The monoisotopic (exact) mass is 424 g/mol. The van der Waals surface area contributed by atoms with E-state index in [1.165, 1.54) is 6.07 Å². The Morgan fingerprint density at radius 2 is 1.88 bits per heavy atom. The van der Waals surface area contributed by atoms with Gasteiger partial charge in [-0.05, 0) is 42.3 Å². The number of benzene rings is 2. The molecule has 2 aromatic rings. The summed E-state index contributed by atoms with van der Waals surface area (Å²) in [6.07, 6.45) is 0.518. The Morgan fingerprint density at radius 3 is 2.62 bits per heavy atom. The topological polar surface area (TPSA) is 41.6 Å². The predicted octanol–water partition coefficient (Wildman–Crippen LogP) is 4.14. The molecular weight excluding hydrogens is 406 g/mol. The number of halogens is 3. The number of carbonyl (C=O) groups excluding carboxylic acids is 1. The van der Waals surface area contributed by atoms with E-state index in [0.29, 0.717) is 25.2 Å². The van der Waals surface area contributed by atoms with Crippen LogP contribution in [-0.4, -0.2) is 32.2 Å². The van der Waals surface area contributed by atoms with Crippen molar-refractivity contribution in [2.75, 3.05) is 36.5 Å². The SMILES string of the molecule is O=C(CCc1ccc(F)c(F)c1)Nc1cc(Br)ccc1N1CCOCC1. The van der Waals surface area contributed by atoms with E-state index in [2.05, 4.69) is 26.1 Å². The smallest absolute Gasteiger partial charge is 0.224 e. The molecule has 0 unspecified atom stereocenters. The van der Waals surface area contributed by atoms with Gasteiger partial charge < -0.3 is 15.0 Å². The molecule has 1 N–H and O–H groups in total. The van der Waals surface area contributed by atoms with Crippen LogP contribution in [0, 0.1) is 11.6 Å². The van der Waals surface area contributed by atoms with E-state index >= 15 is 0 Å². The highest BCUT2D eigenvalue weighted by atomic mass is 79.9. The molecule has 1 aliphatic rings. The number of nitrogens with one attached hydrogen (secondary N) is 1. The molecule has 1 amide bonds. The lowest BCUT2D eigenvalue weighted by Crippen LogP contribution is -2.36. The van der Waals surface area contributed by atoms with Crippen molar-refractivity contribution in [3.63, 3.8) is 0 Å². The Hall–Kier alpha value is -1.99. The minimum atomic E-state index is -0.899. The second kappa shape index (κ2) is 8.60. The number of aryl methyl sites for hydroxylation is 1. The Balaban J connectivity index is 1.66. The van der Waals surface area contributed by atoms with E-state index in [0.717, 1.165) is 41.1 Å². The molecule has 7 heteroatoms. The van der Waals surface area contributed by atoms with Gasteiger partial charge in [0.2, 0.25) is 5.91 Å². The largest absolute Gasteiger partial charge is 0.378 e. The van der Waals surface area contributed by atoms with Crippen molar-refractivity contribution < 1.29 is 18.3 Å². The molecule has 0 radical (unpaired) electrons. The van der Waals surface area contributed by atoms with Crippen molar-refractivity contribution in [2.45, 2.75) is 12.8 Å². The van der Waals surface area contributed by atoms with Crippen LogP contribution in [0.5, 0.6) is 0 Å². The molecule has 1 saturated heterocycles. The maximum atomic E-state index is 13.3. The molecule has 2 aromatic carbocycles. The molecule has 138 valence electrons. The highest BCUT2D eigenvalue weighted by molar-refractivity contribution is 9.10. The normalized spacial score (nSPS) is 14.3. The Bertz CT molecular complexity index is 795. The van der Waals surface area contributed by atoms with Gasteiger partial charge in [0.15, 0.2) is 11.6 Å². The zero-order chi connectivity index (χ0) is 18.5. The lowest BCUT2D eigenvalue weighted by molar-refractivity contribution is -0.116. The molecule has 0 atom stereocenters. The lowest BCUT2D eigenvalue weighted by atomic mass is 10.1. The molecule has 3 rings (SSSR count). The van der Waals surface area contributed by atoms with Crippen LogP contribution in [0.15, 0.2) is 40.9 Å². The van der Waals surface area contributed by atoms with Crippen LogP contribution in [-0.2, 0) is 16.0 Å². The highest BCUT2D eigenvalue weighted by Gasteiger charge is 2.16. The van der Waals surface area contributed by atoms with Gasteiger partial charge in [-0.3, -0.25) is 4.79 Å². The van der Waals surface area contributed by atoms with Crippen molar-refractivity contribution in [1.29, 1.82) is 0 Å². The van der Waals surface area contributed by atoms with Gasteiger partial charge in [0.1, 0.15) is 0 Å². The summed E-state index contributed by atoms with van der Waals surface area (Å²) in [6, 6.07) is 9.45. The van der Waals surface area contributed by atoms with Gasteiger partial charge in [0.25, 0.3) is 0 Å². The van der Waals surface area contributed by atoms with Crippen molar-refractivity contribution in [1.82, 2.24) is 0 Å². The van der Waals surface area contributed by atoms with E-state index in [1.807, 2.05) is 18.2 Å². The number of hydrogen-bond donors (Lipinski definition) is 1. The van der Waals surface area contributed by atoms with E-state index in [-0.39, 0.29) is 12.3 Å². The maximum absolute atomic E-state index is 13.3. The van der Waals surface area contributed by atoms with Crippen molar-refractivity contribution in [3.8, 4) is 0 Å². The number of rotatable bonds is 5. The van der Waals surface area contributed by atoms with Crippen molar-refractivity contribution in [3.05, 3.63) is 58.1 Å². The molecular formula is C19H19BrF2N2O2. The van der Waals surface area contributed by atoms with Gasteiger partial charge in [-0.1, -0.05) is 22.0 Å². The van der Waals surface area contributed by atoms with Crippen LogP contribution in [0.1, 0.15) is 12.0 Å². The molecule has 4 nitrogen and oxygen atoms in total. The predicted molar refractivity (Wildman–Crippen MR) is 100 cm³/mol. The van der Waals surface area contributed by atoms with E-state index < -0.39 is 11.6 Å². The number of anilines is 2. The van der Waals surface area contributed by atoms with Crippen LogP contribution in [0.2, 0.25) is 0 Å². The summed E-state index contributed by atoms with van der Waals surface area (Å²) in [5.41, 5.74) is 2.25. The quantitative estimate of drug-likeness (QED) is 0.784. The van der Waals surface area contributed by atoms with Crippen molar-refractivity contribution in [2.24, 2.45) is 0 Å². The minimum absolute atomic E-state index is 0.178. The van der Waals surface area contributed by atoms with Gasteiger partial charge in [-0.15, -0.1) is 0 Å². The molecule has 1 aliphatic heterocycles. The van der Waals surface area contributed by atoms with E-state index in [9.17, 15) is 13.6 Å². The highest BCUT2D eigenvalue weighted by Crippen LogP contribution is 2.30. The molecule has 0 aromatic heterocycles. The summed E-state index contributed by atoms with van der Waals surface area (Å²) in [5, 5.41) is 2.93. The van der Waals surface area contributed by atoms with Gasteiger partial charge in [0, 0.05) is 24.0 Å². The van der Waals surface area contributed by atoms with Crippen LogP contribution >= 0.6 is 15.9 Å². The standard InChI is InChI=1S/C19H19BrF2N2O2/c20-14-3-5-18(24-7-9-26-10-8-24)17(12-14)23-19(25)6-2-13-1-4-15(21)16(22)11-13/h1,3-5,11-12H,2,6-10H2,(H,23,25). The number of nitrogens with zero attached hydrogens (tertiary/aromatic N) is 1. The minimum Gasteiger partial charge on any atom is -0.378 e. The fraction of sp³-hybridized carbons (Fsp3) is 0.316. The number of morpholine rings is 1. The van der Waals surface area contributed by atoms with Crippen LogP contribution < -0.4 is 10.2 Å². The van der Waals surface area contributed by atoms with E-state index in [4.69, 9.17) is 4.74 Å². The fourth-order valence-electron chi connectivity index (χ4n) is 2.85. The Kier molecular flexibility index (Phi) is 6.21. The zero-order valence-electron chi connectivity index (χ0n) is 14.1. The summed E-state index contributed by atoms with van der Waals surface area (Å²) in [6.45, 7) is 2.83. The third kappa shape index (κ3) is 4.80. The van der Waals surface area contributed by atoms with Crippen LogP contribution in [0.3, 0.4) is 0 Å². The third-order valence-corrected chi connectivity index (χ3v) is 4.70. The second-order valence-corrected chi connectivity index (χ2v) is 6.97. The fourth-order valence-corrected chi connectivity index (χ4v) is 3.22. The van der Waals surface area contributed by atoms with Crippen LogP contribution in [0.25, 0.3) is 0 Å². The maximum Gasteiger partial charge on any atom is 0.224 e. The number of hydrogen-bond acceptors (Lipinski definition) is 3. The summed E-state index contributed by atoms with van der Waals surface area (Å²) in [7, 11) is 0. The first-order valence-corrected chi connectivity index (χ1v) is 9.18. The summed E-state index contributed by atoms with van der Waals surface area (Å²) in [5.74, 6) is -1.96. The Morgan fingerprint density at radius 1 is 1.12 bits per heavy atom. The van der Waals surface area contributed by atoms with Gasteiger partial charge in [-0.25, -0.2) is 8.78 Å². The molecule has 1 heterocycles. The molecule has 0 spiro atoms. The molecule has 0 aliphatic carbocycles. The second-order valence-electron chi connectivity index (χ2n) is 6.06. The zero-order valence-corrected chi connectivity index (χ0v) is 15.7. The van der Waals surface area contributed by atoms with Gasteiger partial charge in [-0.2, -0.15) is 0 Å². The first kappa shape index (κ1) is 18.8. The molecule has 0 bridgehead atoms. The summed E-state index contributed by atoms with van der Waals surface area (Å²) >= 11 is 3.43. The Labute approximate surface area is 159 Å². The first-order chi connectivity index (χ1) is 12.5. The third-order valence-electron chi connectivity index (χ3n) is 4.21. The average molecular weight is 425 g/mol. The van der Waals surface area contributed by atoms with E-state index in [1.54, 1.807) is 0 Å². The number of amides is 1. The lowest BCUT2D eigenvalue weighted by Gasteiger charge is -2.30. The number of carbonyl (C=O) groups is 1. The molecule has 1 fully saturated rings. The summed E-state index contributed by atoms with van der Waals surface area (Å²) < 4.78 is 32.5. The average Bonchev–Trinajstić information content (AvgIpc) is 2.63. The first-order valence-electron chi connectivity index (χ1n) is 8.39. The van der Waals surface area contributed by atoms with Crippen molar-refractivity contribution >= 4 is 33.2 Å². The summed E-state index contributed by atoms with van der Waals surface area (Å²) in [4.78, 5) is 14.5. The van der Waals surface area contributed by atoms with Gasteiger partial charge in [0.05, 0.1) is 24.6 Å².